The van der Waals surface area contributed by atoms with E-state index in [0.29, 0.717) is 19.3 Å². The fraction of sp³-hybridized carbons (Fsp3) is 1.00. The van der Waals surface area contributed by atoms with Gasteiger partial charge in [-0.25, -0.2) is 4.18 Å². The number of aliphatic hydroxyl groups excluding tert-OH is 1. The van der Waals surface area contributed by atoms with Crippen molar-refractivity contribution in [2.45, 2.75) is 19.3 Å². The fourth-order valence-electron chi connectivity index (χ4n) is 0.555. The minimum Gasteiger partial charge on any atom is -0.396 e. The van der Waals surface area contributed by atoms with Gasteiger partial charge in [-0.1, -0.05) is 0 Å². The molecule has 0 radical (unpaired) electrons. The summed E-state index contributed by atoms with van der Waals surface area (Å²) in [5.41, 5.74) is 0. The Hall–Kier alpha value is -0.170. The quantitative estimate of drug-likeness (QED) is 0.447. The Morgan fingerprint density at radius 3 is 2.27 bits per heavy atom. The Morgan fingerprint density at radius 1 is 1.18 bits per heavy atom. The Labute approximate surface area is 65.9 Å². The summed E-state index contributed by atoms with van der Waals surface area (Å²) in [5, 5.41) is 8.32. The molecule has 0 aliphatic heterocycles. The van der Waals surface area contributed by atoms with Gasteiger partial charge in [-0.2, -0.15) is 8.42 Å². The molecule has 0 rings (SSSR count). The van der Waals surface area contributed by atoms with E-state index in [2.05, 4.69) is 4.18 Å². The Kier molecular flexibility index (Phi) is 5.39. The summed E-state index contributed by atoms with van der Waals surface area (Å²) in [6.07, 6.45) is 1.82. The number of hydrogen-bond donors (Lipinski definition) is 2. The predicted octanol–water partition coefficient (Wildman–Crippen LogP) is -0.0316. The van der Waals surface area contributed by atoms with Gasteiger partial charge in [-0.05, 0) is 19.3 Å². The average molecular weight is 184 g/mol. The number of rotatable bonds is 6. The largest absolute Gasteiger partial charge is 0.397 e. The molecular weight excluding hydrogens is 172 g/mol. The highest BCUT2D eigenvalue weighted by atomic mass is 32.3. The molecule has 0 saturated carbocycles. The van der Waals surface area contributed by atoms with Gasteiger partial charge in [0.2, 0.25) is 0 Å². The van der Waals surface area contributed by atoms with Crippen molar-refractivity contribution in [3.63, 3.8) is 0 Å². The summed E-state index contributed by atoms with van der Waals surface area (Å²) in [6.45, 7) is 0.0602. The van der Waals surface area contributed by atoms with Gasteiger partial charge in [0.05, 0.1) is 6.61 Å². The van der Waals surface area contributed by atoms with E-state index < -0.39 is 10.4 Å². The molecule has 0 aromatic carbocycles. The highest BCUT2D eigenvalue weighted by molar-refractivity contribution is 7.80. The minimum atomic E-state index is -4.27. The van der Waals surface area contributed by atoms with Crippen molar-refractivity contribution in [2.24, 2.45) is 0 Å². The molecule has 6 heteroatoms. The standard InChI is InChI=1S/C5H12O5S/c6-4-2-1-3-5-10-11(7,8)9/h6H,1-5H2,(H,7,8,9). The molecule has 0 spiro atoms. The lowest BCUT2D eigenvalue weighted by atomic mass is 10.2. The predicted molar refractivity (Wildman–Crippen MR) is 38.4 cm³/mol. The summed E-state index contributed by atoms with van der Waals surface area (Å²) >= 11 is 0. The van der Waals surface area contributed by atoms with Crippen LogP contribution in [-0.4, -0.2) is 31.3 Å². The fourth-order valence-corrected chi connectivity index (χ4v) is 0.883. The summed E-state index contributed by atoms with van der Waals surface area (Å²) in [7, 11) is -4.27. The van der Waals surface area contributed by atoms with Gasteiger partial charge in [0.15, 0.2) is 0 Å². The molecule has 0 heterocycles. The summed E-state index contributed by atoms with van der Waals surface area (Å²) in [6, 6.07) is 0. The monoisotopic (exact) mass is 184 g/mol. The van der Waals surface area contributed by atoms with E-state index in [4.69, 9.17) is 9.66 Å². The third kappa shape index (κ3) is 9.83. The van der Waals surface area contributed by atoms with Gasteiger partial charge in [0.25, 0.3) is 0 Å². The van der Waals surface area contributed by atoms with Crippen LogP contribution in [0.25, 0.3) is 0 Å². The van der Waals surface area contributed by atoms with Crippen LogP contribution in [0.1, 0.15) is 19.3 Å². The first-order chi connectivity index (χ1) is 5.06. The first kappa shape index (κ1) is 10.8. The molecule has 2 N–H and O–H groups in total. The summed E-state index contributed by atoms with van der Waals surface area (Å²) in [5.74, 6) is 0. The zero-order valence-corrected chi connectivity index (χ0v) is 6.88. The smallest absolute Gasteiger partial charge is 0.396 e. The molecule has 0 atom stereocenters. The van der Waals surface area contributed by atoms with Gasteiger partial charge in [-0.3, -0.25) is 4.55 Å². The van der Waals surface area contributed by atoms with E-state index in [9.17, 15) is 8.42 Å². The zero-order chi connectivity index (χ0) is 8.74. The molecule has 0 fully saturated rings. The zero-order valence-electron chi connectivity index (χ0n) is 6.06. The van der Waals surface area contributed by atoms with Crippen molar-refractivity contribution in [3.8, 4) is 0 Å². The molecule has 11 heavy (non-hydrogen) atoms. The van der Waals surface area contributed by atoms with Gasteiger partial charge in [0.1, 0.15) is 0 Å². The van der Waals surface area contributed by atoms with E-state index in [1.807, 2.05) is 0 Å². The summed E-state index contributed by atoms with van der Waals surface area (Å²) < 4.78 is 32.0. The molecule has 5 nitrogen and oxygen atoms in total. The van der Waals surface area contributed by atoms with Crippen LogP contribution in [0, 0.1) is 0 Å². The second kappa shape index (κ2) is 5.48. The van der Waals surface area contributed by atoms with Gasteiger partial charge in [0, 0.05) is 6.61 Å². The van der Waals surface area contributed by atoms with Crippen LogP contribution in [-0.2, 0) is 14.6 Å². The molecular formula is C5H12O5S. The molecule has 0 aromatic heterocycles. The highest BCUT2D eigenvalue weighted by Crippen LogP contribution is 1.96. The lowest BCUT2D eigenvalue weighted by Gasteiger charge is -1.97. The van der Waals surface area contributed by atoms with Crippen LogP contribution >= 0.6 is 0 Å². The number of unbranched alkanes of at least 4 members (excludes halogenated alkanes) is 2. The first-order valence-electron chi connectivity index (χ1n) is 3.29. The highest BCUT2D eigenvalue weighted by Gasteiger charge is 2.01. The second-order valence-electron chi connectivity index (χ2n) is 2.03. The lowest BCUT2D eigenvalue weighted by molar-refractivity contribution is 0.249. The molecule has 0 bridgehead atoms. The molecule has 0 unspecified atom stereocenters. The maximum atomic E-state index is 9.95. The van der Waals surface area contributed by atoms with Crippen LogP contribution < -0.4 is 0 Å². The second-order valence-corrected chi connectivity index (χ2v) is 3.13. The third-order valence-corrected chi connectivity index (χ3v) is 1.50. The molecule has 0 aliphatic rings. The van der Waals surface area contributed by atoms with E-state index in [0.717, 1.165) is 0 Å². The van der Waals surface area contributed by atoms with Gasteiger partial charge < -0.3 is 5.11 Å². The Balaban J connectivity index is 3.16. The molecule has 0 aromatic rings. The van der Waals surface area contributed by atoms with Crippen molar-refractivity contribution < 1.29 is 22.3 Å². The summed E-state index contributed by atoms with van der Waals surface area (Å²) in [4.78, 5) is 0. The van der Waals surface area contributed by atoms with Crippen molar-refractivity contribution in [1.29, 1.82) is 0 Å². The molecule has 0 amide bonds. The van der Waals surface area contributed by atoms with E-state index in [1.54, 1.807) is 0 Å². The van der Waals surface area contributed by atoms with Crippen molar-refractivity contribution >= 4 is 10.4 Å². The Morgan fingerprint density at radius 2 is 1.82 bits per heavy atom. The van der Waals surface area contributed by atoms with E-state index >= 15 is 0 Å². The van der Waals surface area contributed by atoms with Gasteiger partial charge in [-0.15, -0.1) is 0 Å². The maximum absolute atomic E-state index is 9.95. The SMILES string of the molecule is O=S(=O)(O)OCCCCCO. The van der Waals surface area contributed by atoms with E-state index in [1.165, 1.54) is 0 Å². The normalized spacial score (nSPS) is 11.8. The minimum absolute atomic E-state index is 0.0289. The van der Waals surface area contributed by atoms with Crippen molar-refractivity contribution in [2.75, 3.05) is 13.2 Å². The van der Waals surface area contributed by atoms with Gasteiger partial charge >= 0.3 is 10.4 Å². The van der Waals surface area contributed by atoms with Crippen molar-refractivity contribution in [3.05, 3.63) is 0 Å². The molecule has 0 aliphatic carbocycles. The molecule has 0 saturated heterocycles. The Bertz CT molecular complexity index is 173. The third-order valence-electron chi connectivity index (χ3n) is 1.03. The molecule has 68 valence electrons. The van der Waals surface area contributed by atoms with E-state index in [-0.39, 0.29) is 13.2 Å². The maximum Gasteiger partial charge on any atom is 0.397 e. The van der Waals surface area contributed by atoms with Crippen LogP contribution in [0.2, 0.25) is 0 Å². The van der Waals surface area contributed by atoms with Crippen LogP contribution in [0.5, 0.6) is 0 Å². The van der Waals surface area contributed by atoms with Crippen LogP contribution in [0.3, 0.4) is 0 Å². The van der Waals surface area contributed by atoms with Crippen LogP contribution in [0.4, 0.5) is 0 Å². The van der Waals surface area contributed by atoms with Crippen molar-refractivity contribution in [1.82, 2.24) is 0 Å². The number of hydrogen-bond acceptors (Lipinski definition) is 4. The first-order valence-corrected chi connectivity index (χ1v) is 4.65. The topological polar surface area (TPSA) is 83.8 Å². The van der Waals surface area contributed by atoms with Crippen LogP contribution in [0.15, 0.2) is 0 Å². The lowest BCUT2D eigenvalue weighted by Crippen LogP contribution is -2.04. The average Bonchev–Trinajstić information content (AvgIpc) is 1.85. The number of aliphatic hydroxyl groups is 1.